The van der Waals surface area contributed by atoms with Gasteiger partial charge in [0.05, 0.1) is 6.10 Å². The van der Waals surface area contributed by atoms with E-state index in [0.717, 1.165) is 17.9 Å². The molecule has 1 N–H and O–H groups in total. The standard InChI is InChI=1S/C16H26N2O/c1-12(2)11-18(15-6-4-5-7-15)16-9-8-14(10-17-16)13(3)19/h8-10,12-13,15,19H,4-7,11H2,1-3H3. The maximum Gasteiger partial charge on any atom is 0.128 e. The van der Waals surface area contributed by atoms with Crippen LogP contribution in [0.5, 0.6) is 0 Å². The molecule has 0 aliphatic heterocycles. The minimum atomic E-state index is -0.438. The minimum absolute atomic E-state index is 0.438. The Kier molecular flexibility index (Phi) is 4.81. The van der Waals surface area contributed by atoms with Crippen LogP contribution in [0.2, 0.25) is 0 Å². The van der Waals surface area contributed by atoms with E-state index in [1.807, 2.05) is 12.3 Å². The number of aromatic nitrogens is 1. The number of aliphatic hydroxyl groups is 1. The van der Waals surface area contributed by atoms with Gasteiger partial charge in [0.15, 0.2) is 0 Å². The molecule has 1 atom stereocenters. The largest absolute Gasteiger partial charge is 0.389 e. The summed E-state index contributed by atoms with van der Waals surface area (Å²) in [5.41, 5.74) is 0.889. The maximum atomic E-state index is 9.56. The molecule has 0 radical (unpaired) electrons. The lowest BCUT2D eigenvalue weighted by Crippen LogP contribution is -2.36. The summed E-state index contributed by atoms with van der Waals surface area (Å²) in [6.45, 7) is 7.35. The van der Waals surface area contributed by atoms with Crippen LogP contribution in [0.4, 0.5) is 5.82 Å². The lowest BCUT2D eigenvalue weighted by atomic mass is 10.1. The number of aliphatic hydroxyl groups excluding tert-OH is 1. The second-order valence-corrected chi connectivity index (χ2v) is 6.11. The molecular weight excluding hydrogens is 236 g/mol. The molecule has 106 valence electrons. The number of pyridine rings is 1. The van der Waals surface area contributed by atoms with Crippen LogP contribution in [0.15, 0.2) is 18.3 Å². The van der Waals surface area contributed by atoms with Gasteiger partial charge in [0.25, 0.3) is 0 Å². The fourth-order valence-corrected chi connectivity index (χ4v) is 2.85. The van der Waals surface area contributed by atoms with Crippen molar-refractivity contribution >= 4 is 5.82 Å². The van der Waals surface area contributed by atoms with Crippen molar-refractivity contribution in [3.8, 4) is 0 Å². The molecule has 2 rings (SSSR count). The van der Waals surface area contributed by atoms with Gasteiger partial charge in [0.2, 0.25) is 0 Å². The number of anilines is 1. The summed E-state index contributed by atoms with van der Waals surface area (Å²) in [5.74, 6) is 1.70. The fraction of sp³-hybridized carbons (Fsp3) is 0.688. The molecular formula is C16H26N2O. The summed E-state index contributed by atoms with van der Waals surface area (Å²) in [5, 5.41) is 9.56. The third kappa shape index (κ3) is 3.69. The Morgan fingerprint density at radius 1 is 1.26 bits per heavy atom. The van der Waals surface area contributed by atoms with Gasteiger partial charge >= 0.3 is 0 Å². The second-order valence-electron chi connectivity index (χ2n) is 6.11. The average Bonchev–Trinajstić information content (AvgIpc) is 2.89. The first kappa shape index (κ1) is 14.3. The van der Waals surface area contributed by atoms with Crippen molar-refractivity contribution < 1.29 is 5.11 Å². The van der Waals surface area contributed by atoms with Gasteiger partial charge in [-0.1, -0.05) is 32.8 Å². The Balaban J connectivity index is 2.16. The molecule has 3 nitrogen and oxygen atoms in total. The van der Waals surface area contributed by atoms with E-state index < -0.39 is 6.10 Å². The Morgan fingerprint density at radius 2 is 1.95 bits per heavy atom. The van der Waals surface area contributed by atoms with Crippen molar-refractivity contribution in [1.82, 2.24) is 4.98 Å². The van der Waals surface area contributed by atoms with Crippen LogP contribution in [0.25, 0.3) is 0 Å². The van der Waals surface area contributed by atoms with E-state index >= 15 is 0 Å². The van der Waals surface area contributed by atoms with Crippen molar-refractivity contribution in [1.29, 1.82) is 0 Å². The smallest absolute Gasteiger partial charge is 0.128 e. The van der Waals surface area contributed by atoms with E-state index in [2.05, 4.69) is 29.8 Å². The van der Waals surface area contributed by atoms with Gasteiger partial charge in [-0.3, -0.25) is 0 Å². The van der Waals surface area contributed by atoms with E-state index in [1.165, 1.54) is 25.7 Å². The second kappa shape index (κ2) is 6.38. The predicted molar refractivity (Wildman–Crippen MR) is 79.3 cm³/mol. The highest BCUT2D eigenvalue weighted by molar-refractivity contribution is 5.41. The van der Waals surface area contributed by atoms with E-state index in [-0.39, 0.29) is 0 Å². The molecule has 3 heteroatoms. The highest BCUT2D eigenvalue weighted by Crippen LogP contribution is 2.28. The Labute approximate surface area is 116 Å². The zero-order chi connectivity index (χ0) is 13.8. The van der Waals surface area contributed by atoms with Gasteiger partial charge in [0.1, 0.15) is 5.82 Å². The number of rotatable bonds is 5. The van der Waals surface area contributed by atoms with E-state index in [4.69, 9.17) is 0 Å². The SMILES string of the molecule is CC(C)CN(c1ccc(C(C)O)cn1)C1CCCC1. The van der Waals surface area contributed by atoms with Gasteiger partial charge < -0.3 is 10.0 Å². The summed E-state index contributed by atoms with van der Waals surface area (Å²) < 4.78 is 0. The fourth-order valence-electron chi connectivity index (χ4n) is 2.85. The van der Waals surface area contributed by atoms with Gasteiger partial charge in [-0.2, -0.15) is 0 Å². The van der Waals surface area contributed by atoms with Gasteiger partial charge in [-0.25, -0.2) is 4.98 Å². The summed E-state index contributed by atoms with van der Waals surface area (Å²) in [7, 11) is 0. The van der Waals surface area contributed by atoms with Crippen LogP contribution >= 0.6 is 0 Å². The molecule has 0 aromatic carbocycles. The third-order valence-electron chi connectivity index (χ3n) is 3.87. The first-order valence-electron chi connectivity index (χ1n) is 7.48. The summed E-state index contributed by atoms with van der Waals surface area (Å²) >= 11 is 0. The topological polar surface area (TPSA) is 36.4 Å². The monoisotopic (exact) mass is 262 g/mol. The average molecular weight is 262 g/mol. The van der Waals surface area contributed by atoms with Gasteiger partial charge in [0, 0.05) is 18.8 Å². The Morgan fingerprint density at radius 3 is 2.42 bits per heavy atom. The molecule has 1 aliphatic carbocycles. The molecule has 1 fully saturated rings. The van der Waals surface area contributed by atoms with Gasteiger partial charge in [-0.15, -0.1) is 0 Å². The molecule has 1 aromatic rings. The first-order chi connectivity index (χ1) is 9.08. The van der Waals surface area contributed by atoms with Crippen LogP contribution < -0.4 is 4.90 Å². The molecule has 0 saturated heterocycles. The van der Waals surface area contributed by atoms with Crippen molar-refractivity contribution in [3.63, 3.8) is 0 Å². The molecule has 1 heterocycles. The number of hydrogen-bond acceptors (Lipinski definition) is 3. The minimum Gasteiger partial charge on any atom is -0.389 e. The number of hydrogen-bond donors (Lipinski definition) is 1. The van der Waals surface area contributed by atoms with Crippen molar-refractivity contribution in [3.05, 3.63) is 23.9 Å². The molecule has 0 spiro atoms. The maximum absolute atomic E-state index is 9.56. The summed E-state index contributed by atoms with van der Waals surface area (Å²) in [6.07, 6.45) is 6.61. The lowest BCUT2D eigenvalue weighted by Gasteiger charge is -2.31. The van der Waals surface area contributed by atoms with E-state index in [0.29, 0.717) is 12.0 Å². The van der Waals surface area contributed by atoms with Crippen LogP contribution in [0.1, 0.15) is 58.1 Å². The van der Waals surface area contributed by atoms with Crippen LogP contribution in [0, 0.1) is 5.92 Å². The molecule has 0 amide bonds. The third-order valence-corrected chi connectivity index (χ3v) is 3.87. The first-order valence-corrected chi connectivity index (χ1v) is 7.48. The molecule has 1 saturated carbocycles. The summed E-state index contributed by atoms with van der Waals surface area (Å²) in [4.78, 5) is 7.03. The van der Waals surface area contributed by atoms with E-state index in [1.54, 1.807) is 6.92 Å². The molecule has 1 aromatic heterocycles. The Hall–Kier alpha value is -1.09. The van der Waals surface area contributed by atoms with Crippen molar-refractivity contribution in [2.45, 2.75) is 58.6 Å². The highest BCUT2D eigenvalue weighted by Gasteiger charge is 2.24. The van der Waals surface area contributed by atoms with Gasteiger partial charge in [-0.05, 0) is 37.3 Å². The zero-order valence-corrected chi connectivity index (χ0v) is 12.3. The Bertz CT molecular complexity index is 380. The molecule has 1 unspecified atom stereocenters. The van der Waals surface area contributed by atoms with Crippen LogP contribution in [-0.4, -0.2) is 22.7 Å². The predicted octanol–water partition coefficient (Wildman–Crippen LogP) is 3.54. The zero-order valence-electron chi connectivity index (χ0n) is 12.3. The normalized spacial score (nSPS) is 17.9. The van der Waals surface area contributed by atoms with Crippen LogP contribution in [0.3, 0.4) is 0 Å². The lowest BCUT2D eigenvalue weighted by molar-refractivity contribution is 0.199. The van der Waals surface area contributed by atoms with Crippen LogP contribution in [-0.2, 0) is 0 Å². The van der Waals surface area contributed by atoms with Crippen molar-refractivity contribution in [2.75, 3.05) is 11.4 Å². The molecule has 0 bridgehead atoms. The highest BCUT2D eigenvalue weighted by atomic mass is 16.3. The molecule has 19 heavy (non-hydrogen) atoms. The summed E-state index contributed by atoms with van der Waals surface area (Å²) in [6, 6.07) is 4.70. The quantitative estimate of drug-likeness (QED) is 0.881. The van der Waals surface area contributed by atoms with E-state index in [9.17, 15) is 5.11 Å². The molecule has 1 aliphatic rings. The number of nitrogens with zero attached hydrogens (tertiary/aromatic N) is 2. The van der Waals surface area contributed by atoms with Crippen molar-refractivity contribution in [2.24, 2.45) is 5.92 Å².